The van der Waals surface area contributed by atoms with Crippen molar-refractivity contribution in [1.29, 1.82) is 0 Å². The van der Waals surface area contributed by atoms with Gasteiger partial charge >= 0.3 is 0 Å². The molecule has 0 bridgehead atoms. The lowest BCUT2D eigenvalue weighted by atomic mass is 9.70. The first kappa shape index (κ1) is 39.2. The molecule has 10 rings (SSSR count). The summed E-state index contributed by atoms with van der Waals surface area (Å²) in [6.45, 7) is 26.0. The third-order valence-corrected chi connectivity index (χ3v) is 14.1. The molecule has 5 aromatic carbocycles. The number of hydrogen-bond donors (Lipinski definition) is 0. The summed E-state index contributed by atoms with van der Waals surface area (Å²) in [5.74, 6) is 3.99. The first-order valence-corrected chi connectivity index (χ1v) is 22.6. The van der Waals surface area contributed by atoms with Crippen LogP contribution in [-0.2, 0) is 12.0 Å². The van der Waals surface area contributed by atoms with E-state index in [2.05, 4.69) is 202 Å². The van der Waals surface area contributed by atoms with Crippen LogP contribution in [0.15, 0.2) is 133 Å². The number of furan rings is 1. The molecule has 0 aliphatic carbocycles. The Bertz CT molecular complexity index is 2990. The van der Waals surface area contributed by atoms with Gasteiger partial charge < -0.3 is 4.42 Å². The Balaban J connectivity index is 1.22. The van der Waals surface area contributed by atoms with Gasteiger partial charge in [-0.05, 0) is 84.4 Å². The molecule has 0 radical (unpaired) electrons. The Morgan fingerprint density at radius 3 is 2.03 bits per heavy atom. The summed E-state index contributed by atoms with van der Waals surface area (Å²) < 4.78 is 16.8. The third-order valence-electron chi connectivity index (χ3n) is 14.1. The van der Waals surface area contributed by atoms with Crippen molar-refractivity contribution in [3.8, 4) is 34.2 Å². The molecule has 5 heteroatoms. The molecule has 0 amide bonds. The van der Waals surface area contributed by atoms with Crippen LogP contribution in [-0.4, -0.2) is 9.13 Å². The highest BCUT2D eigenvalue weighted by Gasteiger charge is 2.51. The van der Waals surface area contributed by atoms with E-state index in [-0.39, 0.29) is 17.4 Å². The molecule has 5 heterocycles. The number of aromatic nitrogens is 4. The van der Waals surface area contributed by atoms with Crippen LogP contribution >= 0.6 is 0 Å². The first-order valence-electron chi connectivity index (χ1n) is 22.6. The lowest BCUT2D eigenvalue weighted by Crippen LogP contribution is -2.60. The fraction of sp³-hybridized carbons (Fsp3) is 0.321. The lowest BCUT2D eigenvalue weighted by Gasteiger charge is -2.40. The molecule has 0 saturated carbocycles. The second kappa shape index (κ2) is 14.6. The predicted molar refractivity (Wildman–Crippen MR) is 251 cm³/mol. The number of benzene rings is 5. The van der Waals surface area contributed by atoms with Crippen molar-refractivity contribution < 1.29 is 13.6 Å². The monoisotopic (exact) mass is 804 g/mol. The van der Waals surface area contributed by atoms with E-state index in [0.29, 0.717) is 17.8 Å². The van der Waals surface area contributed by atoms with Crippen LogP contribution in [0.5, 0.6) is 0 Å². The molecule has 61 heavy (non-hydrogen) atoms. The van der Waals surface area contributed by atoms with Gasteiger partial charge in [0.2, 0.25) is 0 Å². The van der Waals surface area contributed by atoms with Crippen molar-refractivity contribution in [1.82, 2.24) is 9.13 Å². The van der Waals surface area contributed by atoms with Gasteiger partial charge in [0.25, 0.3) is 11.6 Å². The summed E-state index contributed by atoms with van der Waals surface area (Å²) in [6, 6.07) is 36.2. The quantitative estimate of drug-likeness (QED) is 0.154. The Morgan fingerprint density at radius 2 is 1.31 bits per heavy atom. The van der Waals surface area contributed by atoms with Gasteiger partial charge in [-0.15, -0.1) is 0 Å². The highest BCUT2D eigenvalue weighted by molar-refractivity contribution is 6.10. The van der Waals surface area contributed by atoms with Crippen LogP contribution in [0.4, 0.5) is 0 Å². The molecule has 308 valence electrons. The van der Waals surface area contributed by atoms with E-state index in [1.165, 1.54) is 67.1 Å². The highest BCUT2D eigenvalue weighted by Crippen LogP contribution is 2.50. The Kier molecular flexibility index (Phi) is 9.39. The van der Waals surface area contributed by atoms with E-state index < -0.39 is 0 Å². The van der Waals surface area contributed by atoms with Crippen LogP contribution in [0.3, 0.4) is 0 Å². The molecule has 2 atom stereocenters. The molecule has 0 N–H and O–H groups in total. The lowest BCUT2D eigenvalue weighted by molar-refractivity contribution is -0.756. The molecular weight excluding hydrogens is 745 g/mol. The molecule has 3 aromatic heterocycles. The maximum absolute atomic E-state index is 6.80. The van der Waals surface area contributed by atoms with Gasteiger partial charge in [-0.3, -0.25) is 0 Å². The number of imidazole rings is 2. The summed E-state index contributed by atoms with van der Waals surface area (Å²) in [4.78, 5) is 0. The molecule has 2 unspecified atom stereocenters. The standard InChI is InChI=1S/C56H60N4O/c1-34(2)40-23-17-24-41(35(3)4)51(40)58-30-31-60-55(58)44-21-14-13-20-43(44)48-27-26-39-18-11-12-19-42(39)54-57(38(9)33-56(48,60)10)28-29-59(54)52-46(36(5)6)32-47(37(7)8)53-50(52)45-22-15-16-25-49(45)61-53/h11-25,28-32,34-37,48H,9,26-27,33H2,1-8,10H3/q+2. The fourth-order valence-electron chi connectivity index (χ4n) is 11.1. The second-order valence-corrected chi connectivity index (χ2v) is 19.3. The van der Waals surface area contributed by atoms with Crippen molar-refractivity contribution in [2.75, 3.05) is 0 Å². The van der Waals surface area contributed by atoms with Crippen molar-refractivity contribution in [2.45, 2.75) is 117 Å². The molecule has 2 aliphatic rings. The molecule has 0 saturated heterocycles. The number of nitrogens with zero attached hydrogens (tertiary/aromatic N) is 4. The summed E-state index contributed by atoms with van der Waals surface area (Å²) in [5.41, 5.74) is 15.9. The van der Waals surface area contributed by atoms with Crippen molar-refractivity contribution >= 4 is 27.6 Å². The van der Waals surface area contributed by atoms with Crippen LogP contribution < -0.4 is 9.13 Å². The van der Waals surface area contributed by atoms with Crippen molar-refractivity contribution in [3.05, 3.63) is 162 Å². The number of aryl methyl sites for hydroxylation is 1. The smallest absolute Gasteiger partial charge is 0.299 e. The summed E-state index contributed by atoms with van der Waals surface area (Å²) in [7, 11) is 0. The molecule has 5 nitrogen and oxygen atoms in total. The van der Waals surface area contributed by atoms with Gasteiger partial charge in [0, 0.05) is 28.0 Å². The van der Waals surface area contributed by atoms with E-state index >= 15 is 0 Å². The number of hydrogen-bond acceptors (Lipinski definition) is 1. The van der Waals surface area contributed by atoms with Gasteiger partial charge in [0.15, 0.2) is 0 Å². The maximum atomic E-state index is 6.80. The van der Waals surface area contributed by atoms with Crippen LogP contribution in [0.25, 0.3) is 61.8 Å². The maximum Gasteiger partial charge on any atom is 0.299 e. The van der Waals surface area contributed by atoms with Crippen LogP contribution in [0.2, 0.25) is 0 Å². The minimum Gasteiger partial charge on any atom is -0.456 e. The van der Waals surface area contributed by atoms with Crippen LogP contribution in [0, 0.1) is 0 Å². The van der Waals surface area contributed by atoms with Gasteiger partial charge in [0.1, 0.15) is 58.6 Å². The minimum absolute atomic E-state index is 0.254. The molecule has 2 aliphatic heterocycles. The number of para-hydroxylation sites is 2. The zero-order valence-electron chi connectivity index (χ0n) is 37.5. The molecule has 0 fully saturated rings. The average Bonchev–Trinajstić information content (AvgIpc) is 3.99. The zero-order valence-corrected chi connectivity index (χ0v) is 37.5. The first-order chi connectivity index (χ1) is 29.4. The van der Waals surface area contributed by atoms with E-state index in [0.717, 1.165) is 47.3 Å². The average molecular weight is 805 g/mol. The fourth-order valence-corrected chi connectivity index (χ4v) is 11.1. The van der Waals surface area contributed by atoms with Crippen LogP contribution in [0.1, 0.15) is 138 Å². The van der Waals surface area contributed by atoms with Gasteiger partial charge in [0.05, 0.1) is 22.9 Å². The zero-order chi connectivity index (χ0) is 42.5. The second-order valence-electron chi connectivity index (χ2n) is 19.3. The molecular formula is C56H60N4O+2. The largest absolute Gasteiger partial charge is 0.456 e. The van der Waals surface area contributed by atoms with Crippen molar-refractivity contribution in [3.63, 3.8) is 0 Å². The Morgan fingerprint density at radius 1 is 0.672 bits per heavy atom. The van der Waals surface area contributed by atoms with Crippen molar-refractivity contribution in [2.24, 2.45) is 0 Å². The molecule has 0 spiro atoms. The summed E-state index contributed by atoms with van der Waals surface area (Å²) in [6.07, 6.45) is 12.0. The topological polar surface area (TPSA) is 30.8 Å². The predicted octanol–water partition coefficient (Wildman–Crippen LogP) is 13.9. The molecule has 8 aromatic rings. The SMILES string of the molecule is C=C1CC2(C)C(CCc3ccccc3-c3n1cc[n+]3-c1c(C(C)C)cc(C(C)C)c3oc4ccccc4c13)c1ccccc1-c1n(-c3c(C(C)C)cccc3C(C)C)cc[n+]12. The number of allylic oxidation sites excluding steroid dienone is 1. The Hall–Kier alpha value is -5.94. The third kappa shape index (κ3) is 5.94. The van der Waals surface area contributed by atoms with E-state index in [4.69, 9.17) is 11.0 Å². The minimum atomic E-state index is -0.314. The van der Waals surface area contributed by atoms with E-state index in [9.17, 15) is 0 Å². The van der Waals surface area contributed by atoms with Gasteiger partial charge in [-0.25, -0.2) is 4.57 Å². The summed E-state index contributed by atoms with van der Waals surface area (Å²) >= 11 is 0. The van der Waals surface area contributed by atoms with Gasteiger partial charge in [-0.1, -0.05) is 135 Å². The van der Waals surface area contributed by atoms with E-state index in [1.54, 1.807) is 0 Å². The number of fused-ring (bicyclic) bond motifs is 12. The summed E-state index contributed by atoms with van der Waals surface area (Å²) in [5, 5.41) is 2.34. The Labute approximate surface area is 361 Å². The van der Waals surface area contributed by atoms with Gasteiger partial charge in [-0.2, -0.15) is 13.7 Å². The number of rotatable bonds is 6. The van der Waals surface area contributed by atoms with E-state index in [1.807, 2.05) is 0 Å². The normalized spacial score (nSPS) is 17.6. The highest BCUT2D eigenvalue weighted by atomic mass is 16.3.